The Morgan fingerprint density at radius 1 is 1.06 bits per heavy atom. The zero-order valence-electron chi connectivity index (χ0n) is 19.4. The lowest BCUT2D eigenvalue weighted by Gasteiger charge is -2.21. The molecule has 1 aromatic heterocycles. The van der Waals surface area contributed by atoms with E-state index < -0.39 is 26.2 Å². The third-order valence-corrected chi connectivity index (χ3v) is 7.77. The summed E-state index contributed by atoms with van der Waals surface area (Å²) in [5, 5.41) is 11.3. The molecule has 1 saturated carbocycles. The second-order valence-corrected chi connectivity index (χ2v) is 10.2. The van der Waals surface area contributed by atoms with Crippen molar-refractivity contribution in [3.05, 3.63) is 64.2 Å². The van der Waals surface area contributed by atoms with Crippen LogP contribution in [-0.2, 0) is 16.3 Å². The zero-order chi connectivity index (χ0) is 24.5. The van der Waals surface area contributed by atoms with Gasteiger partial charge in [-0.25, -0.2) is 8.42 Å². The Kier molecular flexibility index (Phi) is 6.65. The molecule has 0 aliphatic heterocycles. The molecule has 0 spiro atoms. The highest BCUT2D eigenvalue weighted by molar-refractivity contribution is 7.91. The van der Waals surface area contributed by atoms with E-state index in [1.54, 1.807) is 30.3 Å². The molecule has 0 saturated heterocycles. The summed E-state index contributed by atoms with van der Waals surface area (Å²) in [4.78, 5) is 16.2. The van der Waals surface area contributed by atoms with Gasteiger partial charge in [0.1, 0.15) is 23.0 Å². The van der Waals surface area contributed by atoms with Gasteiger partial charge in [-0.15, -0.1) is 0 Å². The summed E-state index contributed by atoms with van der Waals surface area (Å²) in [5.74, 6) is 0.611. The third-order valence-electron chi connectivity index (χ3n) is 5.99. The molecular formula is C25H28N2O6S. The molecule has 0 amide bonds. The fourth-order valence-electron chi connectivity index (χ4n) is 4.02. The molecule has 1 aliphatic rings. The second-order valence-electron chi connectivity index (χ2n) is 8.28. The van der Waals surface area contributed by atoms with E-state index >= 15 is 0 Å². The van der Waals surface area contributed by atoms with Gasteiger partial charge in [-0.05, 0) is 55.0 Å². The van der Waals surface area contributed by atoms with E-state index in [1.165, 1.54) is 30.9 Å². The summed E-state index contributed by atoms with van der Waals surface area (Å²) >= 11 is 0. The van der Waals surface area contributed by atoms with Gasteiger partial charge in [0.25, 0.3) is 5.56 Å². The summed E-state index contributed by atoms with van der Waals surface area (Å²) in [6.45, 7) is 1.98. The molecule has 0 atom stereocenters. The lowest BCUT2D eigenvalue weighted by molar-refractivity contribution is 0.374. The van der Waals surface area contributed by atoms with E-state index in [0.717, 1.165) is 24.8 Å². The van der Waals surface area contributed by atoms with Gasteiger partial charge in [-0.2, -0.15) is 4.98 Å². The lowest BCUT2D eigenvalue weighted by Crippen LogP contribution is -2.25. The van der Waals surface area contributed by atoms with E-state index in [1.807, 2.05) is 6.92 Å². The van der Waals surface area contributed by atoms with Crippen molar-refractivity contribution in [1.29, 1.82) is 0 Å². The number of sulfone groups is 1. The van der Waals surface area contributed by atoms with Crippen molar-refractivity contribution < 1.29 is 23.0 Å². The van der Waals surface area contributed by atoms with Gasteiger partial charge in [0.2, 0.25) is 15.7 Å². The molecule has 34 heavy (non-hydrogen) atoms. The first-order valence-corrected chi connectivity index (χ1v) is 12.7. The van der Waals surface area contributed by atoms with Gasteiger partial charge in [0.05, 0.1) is 19.1 Å². The van der Waals surface area contributed by atoms with Crippen LogP contribution in [0.5, 0.6) is 17.4 Å². The van der Waals surface area contributed by atoms with Gasteiger partial charge in [0.15, 0.2) is 4.90 Å². The van der Waals surface area contributed by atoms with Crippen molar-refractivity contribution in [3.63, 3.8) is 0 Å². The fourth-order valence-corrected chi connectivity index (χ4v) is 5.35. The molecule has 1 fully saturated rings. The highest BCUT2D eigenvalue weighted by atomic mass is 32.2. The van der Waals surface area contributed by atoms with Gasteiger partial charge in [-0.1, -0.05) is 31.5 Å². The van der Waals surface area contributed by atoms with Crippen LogP contribution >= 0.6 is 0 Å². The van der Waals surface area contributed by atoms with E-state index in [0.29, 0.717) is 30.3 Å². The molecule has 4 rings (SSSR count). The van der Waals surface area contributed by atoms with Crippen LogP contribution in [0.25, 0.3) is 5.69 Å². The molecule has 0 bridgehead atoms. The van der Waals surface area contributed by atoms with Crippen molar-refractivity contribution in [2.45, 2.75) is 54.7 Å². The van der Waals surface area contributed by atoms with Crippen molar-refractivity contribution in [3.8, 4) is 23.1 Å². The maximum atomic E-state index is 13.5. The number of unbranched alkanes of at least 4 members (excludes halogenated alkanes) is 1. The van der Waals surface area contributed by atoms with Crippen LogP contribution < -0.4 is 15.0 Å². The Morgan fingerprint density at radius 3 is 2.21 bits per heavy atom. The molecular weight excluding hydrogens is 456 g/mol. The first-order valence-electron chi connectivity index (χ1n) is 11.2. The minimum Gasteiger partial charge on any atom is -0.494 e. The summed E-state index contributed by atoms with van der Waals surface area (Å²) in [7, 11) is -1.45. The molecule has 0 unspecified atom stereocenters. The van der Waals surface area contributed by atoms with E-state index in [2.05, 4.69) is 4.98 Å². The highest BCUT2D eigenvalue weighted by Crippen LogP contribution is 2.41. The van der Waals surface area contributed by atoms with Crippen molar-refractivity contribution in [2.75, 3.05) is 14.2 Å². The number of methoxy groups -OCH3 is 2. The number of hydrogen-bond acceptors (Lipinski definition) is 7. The number of ether oxygens (including phenoxy) is 2. The number of benzene rings is 2. The molecule has 9 heteroatoms. The lowest BCUT2D eigenvalue weighted by atomic mass is 10.1. The predicted octanol–water partition coefficient (Wildman–Crippen LogP) is 4.01. The van der Waals surface area contributed by atoms with Crippen LogP contribution in [0.15, 0.2) is 57.1 Å². The Balaban J connectivity index is 1.97. The number of aromatic nitrogens is 2. The van der Waals surface area contributed by atoms with Gasteiger partial charge in [-0.3, -0.25) is 9.36 Å². The molecule has 8 nitrogen and oxygen atoms in total. The number of aromatic hydroxyl groups is 1. The van der Waals surface area contributed by atoms with Crippen molar-refractivity contribution >= 4 is 9.84 Å². The molecule has 0 radical (unpaired) electrons. The van der Waals surface area contributed by atoms with Crippen LogP contribution in [0, 0.1) is 0 Å². The van der Waals surface area contributed by atoms with E-state index in [4.69, 9.17) is 9.47 Å². The first-order chi connectivity index (χ1) is 16.3. The minimum atomic E-state index is -4.36. The fraction of sp³-hybridized carbons (Fsp3) is 0.360. The normalized spacial score (nSPS) is 13.6. The average Bonchev–Trinajstić information content (AvgIpc) is 3.68. The van der Waals surface area contributed by atoms with E-state index in [-0.39, 0.29) is 16.4 Å². The number of hydrogen-bond donors (Lipinski definition) is 1. The topological polar surface area (TPSA) is 108 Å². The largest absolute Gasteiger partial charge is 0.494 e. The number of rotatable bonds is 9. The summed E-state index contributed by atoms with van der Waals surface area (Å²) in [5.41, 5.74) is 0.330. The Labute approximate surface area is 198 Å². The minimum absolute atomic E-state index is 0.0778. The van der Waals surface area contributed by atoms with Crippen LogP contribution in [0.1, 0.15) is 49.9 Å². The molecule has 3 aromatic rings. The maximum absolute atomic E-state index is 13.5. The van der Waals surface area contributed by atoms with Crippen LogP contribution in [0.2, 0.25) is 0 Å². The first kappa shape index (κ1) is 23.8. The Morgan fingerprint density at radius 2 is 1.68 bits per heavy atom. The summed E-state index contributed by atoms with van der Waals surface area (Å²) in [6, 6.07) is 11.5. The standard InChI is InChI=1S/C25H28N2O6S/c1-4-5-9-21-26-24(28)23(34(30,31)18-14-12-17(13-15-18)16-10-11-16)25(29)27(21)22-19(32-2)7-6-8-20(22)33-3/h6-8,12-16,29H,4-5,9-11H2,1-3H3. The van der Waals surface area contributed by atoms with Gasteiger partial charge < -0.3 is 14.6 Å². The second kappa shape index (κ2) is 9.50. The SMILES string of the molecule is CCCCc1nc(=O)c(S(=O)(=O)c2ccc(C3CC3)cc2)c(O)n1-c1c(OC)cccc1OC. The van der Waals surface area contributed by atoms with Gasteiger partial charge >= 0.3 is 0 Å². The van der Waals surface area contributed by atoms with Crippen LogP contribution in [0.4, 0.5) is 0 Å². The monoisotopic (exact) mass is 484 g/mol. The average molecular weight is 485 g/mol. The summed E-state index contributed by atoms with van der Waals surface area (Å²) < 4.78 is 39.2. The van der Waals surface area contributed by atoms with E-state index in [9.17, 15) is 18.3 Å². The Bertz CT molecular complexity index is 1340. The highest BCUT2D eigenvalue weighted by Gasteiger charge is 2.32. The molecule has 1 aliphatic carbocycles. The van der Waals surface area contributed by atoms with Crippen molar-refractivity contribution in [1.82, 2.24) is 9.55 Å². The smallest absolute Gasteiger partial charge is 0.296 e. The number of aryl methyl sites for hydroxylation is 1. The van der Waals surface area contributed by atoms with Gasteiger partial charge in [0, 0.05) is 6.42 Å². The Hall–Kier alpha value is -3.33. The number of nitrogens with zero attached hydrogens (tertiary/aromatic N) is 2. The predicted molar refractivity (Wildman–Crippen MR) is 127 cm³/mol. The molecule has 2 aromatic carbocycles. The zero-order valence-corrected chi connectivity index (χ0v) is 20.3. The molecule has 180 valence electrons. The van der Waals surface area contributed by atoms with Crippen molar-refractivity contribution in [2.24, 2.45) is 0 Å². The third kappa shape index (κ3) is 4.27. The molecule has 1 heterocycles. The molecule has 1 N–H and O–H groups in total. The quantitative estimate of drug-likeness (QED) is 0.489. The number of para-hydroxylation sites is 1. The maximum Gasteiger partial charge on any atom is 0.296 e. The van der Waals surface area contributed by atoms with Crippen LogP contribution in [-0.4, -0.2) is 37.3 Å². The summed E-state index contributed by atoms with van der Waals surface area (Å²) in [6.07, 6.45) is 4.00. The van der Waals surface area contributed by atoms with Crippen LogP contribution in [0.3, 0.4) is 0 Å².